The van der Waals surface area contributed by atoms with Gasteiger partial charge in [-0.1, -0.05) is 12.1 Å². The van der Waals surface area contributed by atoms with Gasteiger partial charge in [0.2, 0.25) is 0 Å². The number of amides is 1. The SMILES string of the molecule is COc1cccc(-c2[nH]ncc2C(=O)N[C@@H]2COC[C@H]2N2CCCC2)c1. The van der Waals surface area contributed by atoms with Crippen LogP contribution < -0.4 is 10.1 Å². The third kappa shape index (κ3) is 3.32. The van der Waals surface area contributed by atoms with Crippen LogP contribution in [-0.2, 0) is 4.74 Å². The second-order valence-electron chi connectivity index (χ2n) is 6.82. The van der Waals surface area contributed by atoms with Crippen LogP contribution in [0.25, 0.3) is 11.3 Å². The third-order valence-electron chi connectivity index (χ3n) is 5.22. The van der Waals surface area contributed by atoms with Crippen molar-refractivity contribution in [2.45, 2.75) is 24.9 Å². The van der Waals surface area contributed by atoms with E-state index in [1.54, 1.807) is 13.3 Å². The molecule has 2 aliphatic rings. The van der Waals surface area contributed by atoms with Crippen LogP contribution in [0.15, 0.2) is 30.5 Å². The van der Waals surface area contributed by atoms with Crippen LogP contribution in [-0.4, -0.2) is 66.5 Å². The van der Waals surface area contributed by atoms with Gasteiger partial charge in [-0.15, -0.1) is 0 Å². The minimum atomic E-state index is -0.128. The average Bonchev–Trinajstić information content (AvgIpc) is 3.41. The zero-order chi connectivity index (χ0) is 17.9. The molecule has 0 saturated carbocycles. The van der Waals surface area contributed by atoms with Gasteiger partial charge in [0.15, 0.2) is 0 Å². The van der Waals surface area contributed by atoms with Gasteiger partial charge in [0.25, 0.3) is 5.91 Å². The molecule has 0 spiro atoms. The number of nitrogens with zero attached hydrogens (tertiary/aromatic N) is 2. The van der Waals surface area contributed by atoms with Crippen molar-refractivity contribution in [3.8, 4) is 17.0 Å². The summed E-state index contributed by atoms with van der Waals surface area (Å²) in [7, 11) is 1.62. The molecule has 7 nitrogen and oxygen atoms in total. The quantitative estimate of drug-likeness (QED) is 0.852. The van der Waals surface area contributed by atoms with Crippen molar-refractivity contribution in [3.05, 3.63) is 36.0 Å². The lowest BCUT2D eigenvalue weighted by Gasteiger charge is -2.27. The monoisotopic (exact) mass is 356 g/mol. The summed E-state index contributed by atoms with van der Waals surface area (Å²) in [5.74, 6) is 0.609. The predicted octanol–water partition coefficient (Wildman–Crippen LogP) is 1.68. The summed E-state index contributed by atoms with van der Waals surface area (Å²) in [5, 5.41) is 10.2. The Morgan fingerprint density at radius 3 is 3.00 bits per heavy atom. The zero-order valence-electron chi connectivity index (χ0n) is 14.9. The van der Waals surface area contributed by atoms with Crippen LogP contribution in [0, 0.1) is 0 Å². The highest BCUT2D eigenvalue weighted by molar-refractivity contribution is 6.00. The summed E-state index contributed by atoms with van der Waals surface area (Å²) in [6, 6.07) is 7.84. The van der Waals surface area contributed by atoms with Gasteiger partial charge in [-0.2, -0.15) is 5.10 Å². The number of hydrogen-bond donors (Lipinski definition) is 2. The lowest BCUT2D eigenvalue weighted by Crippen LogP contribution is -2.50. The number of H-pyrrole nitrogens is 1. The van der Waals surface area contributed by atoms with E-state index in [4.69, 9.17) is 9.47 Å². The van der Waals surface area contributed by atoms with Gasteiger partial charge < -0.3 is 14.8 Å². The Morgan fingerprint density at radius 2 is 2.19 bits per heavy atom. The summed E-state index contributed by atoms with van der Waals surface area (Å²) in [6.07, 6.45) is 4.02. The van der Waals surface area contributed by atoms with Gasteiger partial charge in [0, 0.05) is 5.56 Å². The van der Waals surface area contributed by atoms with Crippen molar-refractivity contribution in [2.24, 2.45) is 0 Å². The van der Waals surface area contributed by atoms with Gasteiger partial charge >= 0.3 is 0 Å². The normalized spacial score (nSPS) is 23.3. The number of carbonyl (C=O) groups excluding carboxylic acids is 1. The molecule has 2 atom stereocenters. The Labute approximate surface area is 152 Å². The van der Waals surface area contributed by atoms with E-state index in [2.05, 4.69) is 20.4 Å². The highest BCUT2D eigenvalue weighted by atomic mass is 16.5. The van der Waals surface area contributed by atoms with E-state index < -0.39 is 0 Å². The molecule has 2 N–H and O–H groups in total. The molecule has 1 aromatic carbocycles. The Bertz CT molecular complexity index is 770. The van der Waals surface area contributed by atoms with Crippen molar-refractivity contribution < 1.29 is 14.3 Å². The molecule has 2 saturated heterocycles. The molecule has 0 bridgehead atoms. The van der Waals surface area contributed by atoms with Crippen LogP contribution >= 0.6 is 0 Å². The number of hydrogen-bond acceptors (Lipinski definition) is 5. The molecule has 2 aliphatic heterocycles. The molecule has 0 aliphatic carbocycles. The van der Waals surface area contributed by atoms with Crippen LogP contribution in [0.1, 0.15) is 23.2 Å². The van der Waals surface area contributed by atoms with E-state index in [1.807, 2.05) is 24.3 Å². The van der Waals surface area contributed by atoms with Gasteiger partial charge in [-0.3, -0.25) is 14.8 Å². The minimum absolute atomic E-state index is 0.00802. The van der Waals surface area contributed by atoms with E-state index in [-0.39, 0.29) is 18.0 Å². The first-order valence-electron chi connectivity index (χ1n) is 9.06. The lowest BCUT2D eigenvalue weighted by molar-refractivity contribution is 0.0917. The van der Waals surface area contributed by atoms with Crippen molar-refractivity contribution >= 4 is 5.91 Å². The Hall–Kier alpha value is -2.38. The maximum Gasteiger partial charge on any atom is 0.255 e. The van der Waals surface area contributed by atoms with E-state index in [9.17, 15) is 4.79 Å². The maximum absolute atomic E-state index is 12.9. The standard InChI is InChI=1S/C19H24N4O3/c1-25-14-6-4-5-13(9-14)18-15(10-20-22-18)19(24)21-16-11-26-12-17(16)23-7-2-3-8-23/h4-6,9-10,16-17H,2-3,7-8,11-12H2,1H3,(H,20,22)(H,21,24)/t16-,17-/m1/s1. The maximum atomic E-state index is 12.9. The largest absolute Gasteiger partial charge is 0.497 e. The van der Waals surface area contributed by atoms with Crippen molar-refractivity contribution in [2.75, 3.05) is 33.4 Å². The molecule has 138 valence electrons. The molecule has 0 unspecified atom stereocenters. The van der Waals surface area contributed by atoms with E-state index in [0.29, 0.717) is 24.5 Å². The summed E-state index contributed by atoms with van der Waals surface area (Å²) in [6.45, 7) is 3.40. The first-order chi connectivity index (χ1) is 12.8. The fraction of sp³-hybridized carbons (Fsp3) is 0.474. The number of nitrogens with one attached hydrogen (secondary N) is 2. The highest BCUT2D eigenvalue weighted by Crippen LogP contribution is 2.25. The molecule has 7 heteroatoms. The Kier molecular flexibility index (Phi) is 4.90. The summed E-state index contributed by atoms with van der Waals surface area (Å²) in [4.78, 5) is 15.3. The predicted molar refractivity (Wildman–Crippen MR) is 97.2 cm³/mol. The molecule has 26 heavy (non-hydrogen) atoms. The lowest BCUT2D eigenvalue weighted by atomic mass is 10.1. The molecule has 4 rings (SSSR count). The summed E-state index contributed by atoms with van der Waals surface area (Å²) < 4.78 is 10.9. The molecule has 2 aromatic rings. The number of carbonyl (C=O) groups is 1. The summed E-state index contributed by atoms with van der Waals surface area (Å²) in [5.41, 5.74) is 2.09. The van der Waals surface area contributed by atoms with Gasteiger partial charge in [-0.05, 0) is 38.1 Å². The van der Waals surface area contributed by atoms with Gasteiger partial charge in [-0.25, -0.2) is 0 Å². The number of aromatic nitrogens is 2. The Balaban J connectivity index is 1.51. The molecule has 0 radical (unpaired) electrons. The van der Waals surface area contributed by atoms with Gasteiger partial charge in [0.1, 0.15) is 5.75 Å². The second kappa shape index (κ2) is 7.47. The van der Waals surface area contributed by atoms with Crippen LogP contribution in [0.4, 0.5) is 0 Å². The fourth-order valence-corrected chi connectivity index (χ4v) is 3.82. The average molecular weight is 356 g/mol. The minimum Gasteiger partial charge on any atom is -0.497 e. The first kappa shape index (κ1) is 17.1. The molecule has 1 amide bonds. The smallest absolute Gasteiger partial charge is 0.255 e. The van der Waals surface area contributed by atoms with Crippen LogP contribution in [0.5, 0.6) is 5.75 Å². The van der Waals surface area contributed by atoms with Crippen molar-refractivity contribution in [1.82, 2.24) is 20.4 Å². The third-order valence-corrected chi connectivity index (χ3v) is 5.22. The zero-order valence-corrected chi connectivity index (χ0v) is 14.9. The molecular formula is C19H24N4O3. The summed E-state index contributed by atoms with van der Waals surface area (Å²) >= 11 is 0. The molecule has 1 aromatic heterocycles. The van der Waals surface area contributed by atoms with Crippen molar-refractivity contribution in [1.29, 1.82) is 0 Å². The highest BCUT2D eigenvalue weighted by Gasteiger charge is 2.35. The molecular weight excluding hydrogens is 332 g/mol. The van der Waals surface area contributed by atoms with E-state index >= 15 is 0 Å². The second-order valence-corrected chi connectivity index (χ2v) is 6.82. The van der Waals surface area contributed by atoms with Crippen LogP contribution in [0.2, 0.25) is 0 Å². The fourth-order valence-electron chi connectivity index (χ4n) is 3.82. The van der Waals surface area contributed by atoms with E-state index in [1.165, 1.54) is 12.8 Å². The number of rotatable bonds is 5. The number of methoxy groups -OCH3 is 1. The van der Waals surface area contributed by atoms with Crippen molar-refractivity contribution in [3.63, 3.8) is 0 Å². The van der Waals surface area contributed by atoms with E-state index in [0.717, 1.165) is 24.4 Å². The number of ether oxygens (including phenoxy) is 2. The molecule has 3 heterocycles. The number of likely N-dealkylation sites (tertiary alicyclic amines) is 1. The molecule has 2 fully saturated rings. The van der Waals surface area contributed by atoms with Gasteiger partial charge in [0.05, 0.1) is 49.9 Å². The number of benzene rings is 1. The van der Waals surface area contributed by atoms with Crippen LogP contribution in [0.3, 0.4) is 0 Å². The topological polar surface area (TPSA) is 79.5 Å². The Morgan fingerprint density at radius 1 is 1.35 bits per heavy atom. The number of aromatic amines is 1. The first-order valence-corrected chi connectivity index (χ1v) is 9.06.